The van der Waals surface area contributed by atoms with Gasteiger partial charge in [-0.05, 0) is 56.1 Å². The summed E-state index contributed by atoms with van der Waals surface area (Å²) >= 11 is 0. The van der Waals surface area contributed by atoms with Gasteiger partial charge in [-0.15, -0.1) is 0 Å². The summed E-state index contributed by atoms with van der Waals surface area (Å²) in [5, 5.41) is 16.2. The second kappa shape index (κ2) is 7.25. The average molecular weight is 518 g/mol. The van der Waals surface area contributed by atoms with Gasteiger partial charge in [-0.2, -0.15) is 0 Å². The van der Waals surface area contributed by atoms with E-state index in [9.17, 15) is 24.1 Å². The van der Waals surface area contributed by atoms with Gasteiger partial charge in [-0.1, -0.05) is 23.4 Å². The normalized spacial score (nSPS) is 29.6. The Bertz CT molecular complexity index is 1590. The molecule has 2 saturated heterocycles. The molecule has 0 N–H and O–H groups in total. The van der Waals surface area contributed by atoms with Gasteiger partial charge in [0.15, 0.2) is 5.69 Å². The van der Waals surface area contributed by atoms with E-state index in [0.717, 1.165) is 0 Å². The van der Waals surface area contributed by atoms with E-state index >= 15 is 0 Å². The van der Waals surface area contributed by atoms with Gasteiger partial charge in [0.2, 0.25) is 11.7 Å². The minimum atomic E-state index is -1.66. The maximum absolute atomic E-state index is 15.0. The minimum Gasteiger partial charge on any atom is -0.353 e. The summed E-state index contributed by atoms with van der Waals surface area (Å²) < 4.78 is 20.7. The van der Waals surface area contributed by atoms with Crippen molar-refractivity contribution in [3.05, 3.63) is 81.0 Å². The molecular weight excluding hydrogens is 493 g/mol. The number of likely N-dealkylation sites (N-methyl/N-ethyl adjacent to an activating group) is 2. The highest BCUT2D eigenvalue weighted by Crippen LogP contribution is 2.71. The third-order valence-electron chi connectivity index (χ3n) is 9.13. The SMILES string of the molecule is Cc1noc([C@@H]2[C@H]3CCCN3[C@]3(C(=O)N(C)c4ccc(F)cc43)[C@@]23C(=O)N(C)c2ccccc23)c1[N+](=O)[O-]. The molecule has 4 atom stereocenters. The molecule has 4 aliphatic rings. The molecule has 1 aromatic heterocycles. The molecule has 0 unspecified atom stereocenters. The summed E-state index contributed by atoms with van der Waals surface area (Å²) in [6.07, 6.45) is 1.28. The van der Waals surface area contributed by atoms with E-state index in [-0.39, 0.29) is 29.0 Å². The number of carbonyl (C=O) groups excluding carboxylic acids is 2. The van der Waals surface area contributed by atoms with Gasteiger partial charge in [-0.3, -0.25) is 24.6 Å². The first kappa shape index (κ1) is 23.0. The number of halogens is 1. The standard InChI is InChI=1S/C27H24FN5O5/c1-14-22(33(36)37)23(38-29-14)21-20-9-6-12-32(20)27(17-13-15(28)10-11-19(17)31(3)25(27)35)26(21)16-7-4-5-8-18(16)30(2)24(26)34/h4-5,7-8,10-11,13,20-21H,6,9,12H2,1-3H3/t20-,21+,26-,27-/m1/s1. The number of rotatable bonds is 2. The lowest BCUT2D eigenvalue weighted by atomic mass is 9.57. The highest BCUT2D eigenvalue weighted by Gasteiger charge is 2.82. The average Bonchev–Trinajstić information content (AvgIpc) is 3.66. The Hall–Kier alpha value is -4.12. The van der Waals surface area contributed by atoms with Gasteiger partial charge in [0.25, 0.3) is 5.91 Å². The van der Waals surface area contributed by atoms with Crippen molar-refractivity contribution >= 4 is 28.9 Å². The summed E-state index contributed by atoms with van der Waals surface area (Å²) in [4.78, 5) is 46.2. The van der Waals surface area contributed by atoms with Crippen LogP contribution < -0.4 is 9.80 Å². The number of amides is 2. The predicted molar refractivity (Wildman–Crippen MR) is 133 cm³/mol. The lowest BCUT2D eigenvalue weighted by Gasteiger charge is -2.44. The zero-order chi connectivity index (χ0) is 26.7. The third-order valence-corrected chi connectivity index (χ3v) is 9.13. The quantitative estimate of drug-likeness (QED) is 0.378. The molecular formula is C27H24FN5O5. The van der Waals surface area contributed by atoms with Crippen molar-refractivity contribution in [1.82, 2.24) is 10.1 Å². The van der Waals surface area contributed by atoms with Crippen molar-refractivity contribution in [3.8, 4) is 0 Å². The molecule has 4 aliphatic heterocycles. The highest BCUT2D eigenvalue weighted by atomic mass is 19.1. The van der Waals surface area contributed by atoms with Crippen LogP contribution in [0.1, 0.15) is 41.3 Å². The van der Waals surface area contributed by atoms with Gasteiger partial charge in [0.1, 0.15) is 16.8 Å². The van der Waals surface area contributed by atoms with E-state index in [4.69, 9.17) is 4.52 Å². The summed E-state index contributed by atoms with van der Waals surface area (Å²) in [5.41, 5.74) is -1.45. The summed E-state index contributed by atoms with van der Waals surface area (Å²) in [5.74, 6) is -2.24. The van der Waals surface area contributed by atoms with Gasteiger partial charge >= 0.3 is 5.69 Å². The van der Waals surface area contributed by atoms with Crippen molar-refractivity contribution in [2.75, 3.05) is 30.4 Å². The van der Waals surface area contributed by atoms with Crippen molar-refractivity contribution in [2.45, 2.75) is 42.7 Å². The van der Waals surface area contributed by atoms with Crippen LogP contribution in [0.5, 0.6) is 0 Å². The van der Waals surface area contributed by atoms with Crippen LogP contribution in [0.2, 0.25) is 0 Å². The Morgan fingerprint density at radius 2 is 1.79 bits per heavy atom. The highest BCUT2D eigenvalue weighted by molar-refractivity contribution is 6.19. The number of hydrogen-bond donors (Lipinski definition) is 0. The number of nitro groups is 1. The molecule has 5 heterocycles. The smallest absolute Gasteiger partial charge is 0.334 e. The Morgan fingerprint density at radius 1 is 1.08 bits per heavy atom. The van der Waals surface area contributed by atoms with Crippen LogP contribution in [0, 0.1) is 22.9 Å². The molecule has 0 radical (unpaired) electrons. The maximum Gasteiger partial charge on any atom is 0.334 e. The fourth-order valence-electron chi connectivity index (χ4n) is 7.93. The topological polar surface area (TPSA) is 113 Å². The van der Waals surface area contributed by atoms with Crippen molar-refractivity contribution < 1.29 is 23.4 Å². The summed E-state index contributed by atoms with van der Waals surface area (Å²) in [7, 11) is 3.26. The molecule has 2 aromatic carbocycles. The minimum absolute atomic E-state index is 0.0277. The number of para-hydroxylation sites is 1. The Morgan fingerprint density at radius 3 is 2.55 bits per heavy atom. The summed E-state index contributed by atoms with van der Waals surface area (Å²) in [6, 6.07) is 10.9. The van der Waals surface area contributed by atoms with Gasteiger partial charge in [0.05, 0.1) is 10.8 Å². The van der Waals surface area contributed by atoms with E-state index in [2.05, 4.69) is 5.16 Å². The Kier molecular flexibility index (Phi) is 4.40. The number of aryl methyl sites for hydroxylation is 1. The molecule has 2 amide bonds. The number of aromatic nitrogens is 1. The number of nitrogens with zero attached hydrogens (tertiary/aromatic N) is 5. The second-order valence-electron chi connectivity index (χ2n) is 10.5. The van der Waals surface area contributed by atoms with Crippen LogP contribution >= 0.6 is 0 Å². The molecule has 7 rings (SSSR count). The molecule has 2 fully saturated rings. The lowest BCUT2D eigenvalue weighted by Crippen LogP contribution is -2.63. The number of carbonyl (C=O) groups is 2. The Labute approximate surface area is 216 Å². The first-order chi connectivity index (χ1) is 18.2. The zero-order valence-electron chi connectivity index (χ0n) is 21.0. The lowest BCUT2D eigenvalue weighted by molar-refractivity contribution is -0.386. The molecule has 0 aliphatic carbocycles. The number of anilines is 2. The number of benzene rings is 2. The van der Waals surface area contributed by atoms with E-state index in [0.29, 0.717) is 41.9 Å². The molecule has 10 nitrogen and oxygen atoms in total. The Balaban J connectivity index is 1.68. The molecule has 3 aromatic rings. The fourth-order valence-corrected chi connectivity index (χ4v) is 7.93. The van der Waals surface area contributed by atoms with Gasteiger partial charge < -0.3 is 14.3 Å². The molecule has 0 saturated carbocycles. The zero-order valence-corrected chi connectivity index (χ0v) is 21.0. The number of fused-ring (bicyclic) bond motifs is 7. The van der Waals surface area contributed by atoms with Crippen LogP contribution in [-0.4, -0.2) is 53.5 Å². The number of hydrogen-bond acceptors (Lipinski definition) is 7. The largest absolute Gasteiger partial charge is 0.353 e. The summed E-state index contributed by atoms with van der Waals surface area (Å²) in [6.45, 7) is 1.95. The van der Waals surface area contributed by atoms with Gasteiger partial charge in [-0.25, -0.2) is 4.39 Å². The molecule has 2 spiro atoms. The van der Waals surface area contributed by atoms with Crippen LogP contribution in [0.3, 0.4) is 0 Å². The molecule has 194 valence electrons. The van der Waals surface area contributed by atoms with E-state index < -0.39 is 33.7 Å². The predicted octanol–water partition coefficient (Wildman–Crippen LogP) is 3.38. The van der Waals surface area contributed by atoms with Crippen LogP contribution in [-0.2, 0) is 20.5 Å². The molecule has 0 bridgehead atoms. The van der Waals surface area contributed by atoms with Crippen molar-refractivity contribution in [2.24, 2.45) is 0 Å². The van der Waals surface area contributed by atoms with E-state index in [1.54, 1.807) is 44.4 Å². The monoisotopic (exact) mass is 517 g/mol. The van der Waals surface area contributed by atoms with Crippen molar-refractivity contribution in [1.29, 1.82) is 0 Å². The van der Waals surface area contributed by atoms with Gasteiger partial charge in [0, 0.05) is 37.1 Å². The maximum atomic E-state index is 15.0. The first-order valence-corrected chi connectivity index (χ1v) is 12.5. The third kappa shape index (κ3) is 2.26. The van der Waals surface area contributed by atoms with Crippen LogP contribution in [0.15, 0.2) is 47.0 Å². The van der Waals surface area contributed by atoms with E-state index in [1.165, 1.54) is 28.9 Å². The first-order valence-electron chi connectivity index (χ1n) is 12.5. The molecule has 11 heteroatoms. The fraction of sp³-hybridized carbons (Fsp3) is 0.370. The van der Waals surface area contributed by atoms with Crippen LogP contribution in [0.25, 0.3) is 0 Å². The van der Waals surface area contributed by atoms with Crippen LogP contribution in [0.4, 0.5) is 21.5 Å². The van der Waals surface area contributed by atoms with E-state index in [1.807, 2.05) is 4.90 Å². The van der Waals surface area contributed by atoms with Crippen molar-refractivity contribution in [3.63, 3.8) is 0 Å². The molecule has 38 heavy (non-hydrogen) atoms. The second-order valence-corrected chi connectivity index (χ2v) is 10.5.